The highest BCUT2D eigenvalue weighted by atomic mass is 16.5. The zero-order valence-corrected chi connectivity index (χ0v) is 12.1. The summed E-state index contributed by atoms with van der Waals surface area (Å²) in [5.41, 5.74) is 2.36. The second-order valence-corrected chi connectivity index (χ2v) is 5.45. The summed E-state index contributed by atoms with van der Waals surface area (Å²) in [6.07, 6.45) is 3.68. The molecule has 2 aromatic rings. The van der Waals surface area contributed by atoms with Crippen molar-refractivity contribution in [1.82, 2.24) is 15.1 Å². The lowest BCUT2D eigenvalue weighted by Gasteiger charge is -2.04. The van der Waals surface area contributed by atoms with Crippen LogP contribution < -0.4 is 5.32 Å². The molecule has 1 aromatic carbocycles. The third-order valence-electron chi connectivity index (χ3n) is 3.67. The highest BCUT2D eigenvalue weighted by Crippen LogP contribution is 2.22. The van der Waals surface area contributed by atoms with E-state index in [-0.39, 0.29) is 0 Å². The maximum atomic E-state index is 5.58. The van der Waals surface area contributed by atoms with Gasteiger partial charge in [0.2, 0.25) is 0 Å². The van der Waals surface area contributed by atoms with Crippen molar-refractivity contribution in [3.05, 3.63) is 30.0 Å². The fourth-order valence-corrected chi connectivity index (χ4v) is 2.42. The predicted octanol–water partition coefficient (Wildman–Crippen LogP) is 2.71. The maximum absolute atomic E-state index is 5.58. The first kappa shape index (κ1) is 13.6. The maximum Gasteiger partial charge on any atom is 0.0841 e. The number of fused-ring (bicyclic) bond motifs is 1. The number of hydrogen-bond acceptors (Lipinski definition) is 3. The van der Waals surface area contributed by atoms with Crippen molar-refractivity contribution in [3.8, 4) is 0 Å². The van der Waals surface area contributed by atoms with Crippen LogP contribution in [0.3, 0.4) is 0 Å². The fraction of sp³-hybridized carbons (Fsp3) is 0.562. The molecule has 0 radical (unpaired) electrons. The van der Waals surface area contributed by atoms with E-state index in [1.54, 1.807) is 0 Å². The molecule has 0 amide bonds. The van der Waals surface area contributed by atoms with Gasteiger partial charge >= 0.3 is 0 Å². The summed E-state index contributed by atoms with van der Waals surface area (Å²) >= 11 is 0. The lowest BCUT2D eigenvalue weighted by molar-refractivity contribution is 0.125. The summed E-state index contributed by atoms with van der Waals surface area (Å²) in [7, 11) is 0. The van der Waals surface area contributed by atoms with Crippen molar-refractivity contribution in [3.63, 3.8) is 0 Å². The molecule has 4 heteroatoms. The first-order valence-corrected chi connectivity index (χ1v) is 7.64. The zero-order valence-electron chi connectivity index (χ0n) is 12.1. The minimum Gasteiger partial charge on any atom is -0.380 e. The second-order valence-electron chi connectivity index (χ2n) is 5.45. The molecule has 1 saturated carbocycles. The Hall–Kier alpha value is -1.39. The number of benzene rings is 1. The van der Waals surface area contributed by atoms with Crippen LogP contribution in [0.4, 0.5) is 0 Å². The van der Waals surface area contributed by atoms with Crippen LogP contribution in [0.5, 0.6) is 0 Å². The fourth-order valence-electron chi connectivity index (χ4n) is 2.42. The Morgan fingerprint density at radius 1 is 1.30 bits per heavy atom. The highest BCUT2D eigenvalue weighted by molar-refractivity contribution is 5.81. The summed E-state index contributed by atoms with van der Waals surface area (Å²) < 4.78 is 7.65. The Labute approximate surface area is 120 Å². The molecule has 1 fully saturated rings. The van der Waals surface area contributed by atoms with Crippen LogP contribution in [0.2, 0.25) is 0 Å². The Morgan fingerprint density at radius 2 is 2.15 bits per heavy atom. The summed E-state index contributed by atoms with van der Waals surface area (Å²) in [6, 6.07) is 9.18. The molecule has 1 aliphatic carbocycles. The summed E-state index contributed by atoms with van der Waals surface area (Å²) in [4.78, 5) is 0. The Morgan fingerprint density at radius 3 is 2.95 bits per heavy atom. The van der Waals surface area contributed by atoms with Gasteiger partial charge in [-0.25, -0.2) is 0 Å². The molecule has 0 saturated heterocycles. The number of nitrogens with zero attached hydrogens (tertiary/aromatic N) is 2. The van der Waals surface area contributed by atoms with Crippen molar-refractivity contribution >= 4 is 10.9 Å². The van der Waals surface area contributed by atoms with E-state index in [9.17, 15) is 0 Å². The number of ether oxygens (including phenoxy) is 1. The first-order valence-electron chi connectivity index (χ1n) is 7.64. The largest absolute Gasteiger partial charge is 0.380 e. The van der Waals surface area contributed by atoms with Crippen LogP contribution in [-0.4, -0.2) is 29.0 Å². The van der Waals surface area contributed by atoms with Gasteiger partial charge in [-0.1, -0.05) is 25.1 Å². The highest BCUT2D eigenvalue weighted by Gasteiger charge is 2.21. The van der Waals surface area contributed by atoms with Crippen molar-refractivity contribution in [2.24, 2.45) is 0 Å². The normalized spacial score (nSPS) is 15.1. The number of para-hydroxylation sites is 1. The number of rotatable bonds is 8. The van der Waals surface area contributed by atoms with Crippen LogP contribution in [-0.2, 0) is 17.8 Å². The van der Waals surface area contributed by atoms with Crippen molar-refractivity contribution in [2.45, 2.75) is 45.3 Å². The molecule has 1 heterocycles. The van der Waals surface area contributed by atoms with Gasteiger partial charge in [0.1, 0.15) is 0 Å². The lowest BCUT2D eigenvalue weighted by atomic mass is 10.2. The number of hydrogen-bond donors (Lipinski definition) is 1. The molecule has 20 heavy (non-hydrogen) atoms. The van der Waals surface area contributed by atoms with Crippen LogP contribution >= 0.6 is 0 Å². The van der Waals surface area contributed by atoms with E-state index in [2.05, 4.69) is 41.2 Å². The molecule has 3 rings (SSSR count). The molecule has 1 N–H and O–H groups in total. The van der Waals surface area contributed by atoms with E-state index >= 15 is 0 Å². The average molecular weight is 273 g/mol. The average Bonchev–Trinajstić information content (AvgIpc) is 3.24. The van der Waals surface area contributed by atoms with E-state index in [0.29, 0.717) is 6.04 Å². The van der Waals surface area contributed by atoms with Gasteiger partial charge in [-0.05, 0) is 25.3 Å². The summed E-state index contributed by atoms with van der Waals surface area (Å²) in [6.45, 7) is 5.38. The van der Waals surface area contributed by atoms with Crippen molar-refractivity contribution in [2.75, 3.05) is 13.2 Å². The molecular weight excluding hydrogens is 250 g/mol. The minimum atomic E-state index is 0.715. The third-order valence-corrected chi connectivity index (χ3v) is 3.67. The molecule has 4 nitrogen and oxygen atoms in total. The smallest absolute Gasteiger partial charge is 0.0841 e. The van der Waals surface area contributed by atoms with Gasteiger partial charge in [0.25, 0.3) is 0 Å². The van der Waals surface area contributed by atoms with Gasteiger partial charge < -0.3 is 10.1 Å². The molecule has 108 valence electrons. The summed E-state index contributed by atoms with van der Waals surface area (Å²) in [5, 5.41) is 9.57. The van der Waals surface area contributed by atoms with Crippen LogP contribution in [0.15, 0.2) is 24.3 Å². The van der Waals surface area contributed by atoms with Gasteiger partial charge in [0.05, 0.1) is 24.4 Å². The molecule has 1 aliphatic rings. The monoisotopic (exact) mass is 273 g/mol. The lowest BCUT2D eigenvalue weighted by Crippen LogP contribution is -2.16. The van der Waals surface area contributed by atoms with Crippen molar-refractivity contribution in [1.29, 1.82) is 0 Å². The quantitative estimate of drug-likeness (QED) is 0.752. The van der Waals surface area contributed by atoms with E-state index < -0.39 is 0 Å². The first-order chi connectivity index (χ1) is 9.88. The third kappa shape index (κ3) is 3.19. The second kappa shape index (κ2) is 6.37. The molecule has 0 spiro atoms. The zero-order chi connectivity index (χ0) is 13.8. The Balaban J connectivity index is 1.72. The van der Waals surface area contributed by atoms with E-state index in [1.807, 2.05) is 0 Å². The van der Waals surface area contributed by atoms with E-state index in [1.165, 1.54) is 23.7 Å². The van der Waals surface area contributed by atoms with Gasteiger partial charge in [0, 0.05) is 24.6 Å². The van der Waals surface area contributed by atoms with Gasteiger partial charge in [-0.15, -0.1) is 0 Å². The molecular formula is C16H23N3O. The molecule has 0 atom stereocenters. The van der Waals surface area contributed by atoms with Crippen LogP contribution in [0.25, 0.3) is 10.9 Å². The number of nitrogens with one attached hydrogen (secondary N) is 1. The standard InChI is InChI=1S/C16H23N3O/c1-2-10-20-11-9-19-16-6-4-3-5-14(16)15(18-19)12-17-13-7-8-13/h3-6,13,17H,2,7-12H2,1H3. The van der Waals surface area contributed by atoms with Gasteiger partial charge in [0.15, 0.2) is 0 Å². The predicted molar refractivity (Wildman–Crippen MR) is 80.7 cm³/mol. The van der Waals surface area contributed by atoms with Gasteiger partial charge in [-0.2, -0.15) is 5.10 Å². The molecule has 0 unspecified atom stereocenters. The Bertz CT molecular complexity index is 560. The molecule has 0 aliphatic heterocycles. The van der Waals surface area contributed by atoms with E-state index in [4.69, 9.17) is 9.84 Å². The van der Waals surface area contributed by atoms with Crippen molar-refractivity contribution < 1.29 is 4.74 Å². The molecule has 1 aromatic heterocycles. The topological polar surface area (TPSA) is 39.1 Å². The van der Waals surface area contributed by atoms with E-state index in [0.717, 1.165) is 38.4 Å². The SMILES string of the molecule is CCCOCCn1nc(CNC2CC2)c2ccccc21. The van der Waals surface area contributed by atoms with Gasteiger partial charge in [-0.3, -0.25) is 4.68 Å². The Kier molecular flexibility index (Phi) is 4.33. The summed E-state index contributed by atoms with van der Waals surface area (Å²) in [5.74, 6) is 0. The minimum absolute atomic E-state index is 0.715. The molecule has 0 bridgehead atoms. The van der Waals surface area contributed by atoms with Crippen LogP contribution in [0, 0.1) is 0 Å². The number of aromatic nitrogens is 2. The van der Waals surface area contributed by atoms with Crippen LogP contribution in [0.1, 0.15) is 31.9 Å².